The number of H-pyrrole nitrogens is 1. The van der Waals surface area contributed by atoms with E-state index in [1.807, 2.05) is 18.2 Å². The Morgan fingerprint density at radius 3 is 2.87 bits per heavy atom. The van der Waals surface area contributed by atoms with Crippen LogP contribution < -0.4 is 20.7 Å². The van der Waals surface area contributed by atoms with Crippen molar-refractivity contribution in [1.82, 2.24) is 34.9 Å². The molecule has 2 aliphatic heterocycles. The van der Waals surface area contributed by atoms with Gasteiger partial charge in [-0.25, -0.2) is 14.4 Å². The van der Waals surface area contributed by atoms with Crippen LogP contribution in [0.25, 0.3) is 22.2 Å². The van der Waals surface area contributed by atoms with Crippen LogP contribution in [0.2, 0.25) is 0 Å². The number of rotatable bonds is 7. The summed E-state index contributed by atoms with van der Waals surface area (Å²) in [5.41, 5.74) is 2.65. The van der Waals surface area contributed by atoms with E-state index in [0.29, 0.717) is 34.4 Å². The number of methoxy groups -OCH3 is 1. The third-order valence-electron chi connectivity index (χ3n) is 7.58. The summed E-state index contributed by atoms with van der Waals surface area (Å²) in [5.74, 6) is 0.0218. The number of aromatic amines is 1. The number of nitrogens with zero attached hydrogens (tertiary/aromatic N) is 5. The molecule has 0 radical (unpaired) electrons. The van der Waals surface area contributed by atoms with Gasteiger partial charge in [-0.1, -0.05) is 12.1 Å². The second-order valence-electron chi connectivity index (χ2n) is 10.0. The third-order valence-corrected chi connectivity index (χ3v) is 7.58. The van der Waals surface area contributed by atoms with Crippen molar-refractivity contribution in [3.05, 3.63) is 42.6 Å². The second kappa shape index (κ2) is 10.6. The molecule has 12 heteroatoms. The van der Waals surface area contributed by atoms with E-state index < -0.39 is 5.82 Å². The number of aromatic nitrogens is 5. The van der Waals surface area contributed by atoms with Gasteiger partial charge in [-0.3, -0.25) is 14.4 Å². The molecule has 6 rings (SSSR count). The standard InChI is InChI=1S/C27H32FN9O2/c1-36-15-21(26(35-36)39-2)33-27-31-14-19(28)23(34-27)18-13-30-24-17(18)5-3-6-20(24)32-25(38)22-7-4-12-37(22)16-8-10-29-11-9-16/h3,5-6,13-16,22,29-30H,4,7-12H2,1-2H3,(H,32,38)(H,31,33,34)/t22-/m1/s1. The molecule has 0 unspecified atom stereocenters. The maximum absolute atomic E-state index is 15.0. The molecule has 3 aromatic heterocycles. The molecule has 4 aromatic rings. The Morgan fingerprint density at radius 2 is 2.05 bits per heavy atom. The van der Waals surface area contributed by atoms with E-state index in [0.717, 1.165) is 56.9 Å². The van der Waals surface area contributed by atoms with Gasteiger partial charge in [-0.05, 0) is 51.4 Å². The van der Waals surface area contributed by atoms with Crippen molar-refractivity contribution in [2.24, 2.45) is 7.05 Å². The minimum atomic E-state index is -0.558. The zero-order chi connectivity index (χ0) is 26.9. The number of ether oxygens (including phenoxy) is 1. The predicted molar refractivity (Wildman–Crippen MR) is 147 cm³/mol. The molecule has 0 saturated carbocycles. The van der Waals surface area contributed by atoms with Gasteiger partial charge in [0.15, 0.2) is 5.82 Å². The second-order valence-corrected chi connectivity index (χ2v) is 10.0. The van der Waals surface area contributed by atoms with Crippen molar-refractivity contribution in [1.29, 1.82) is 0 Å². The number of amides is 1. The summed E-state index contributed by atoms with van der Waals surface area (Å²) >= 11 is 0. The number of hydrogen-bond acceptors (Lipinski definition) is 8. The summed E-state index contributed by atoms with van der Waals surface area (Å²) < 4.78 is 21.9. The number of aryl methyl sites for hydroxylation is 1. The van der Waals surface area contributed by atoms with E-state index in [2.05, 4.69) is 40.9 Å². The lowest BCUT2D eigenvalue weighted by Gasteiger charge is -2.35. The van der Waals surface area contributed by atoms with Crippen LogP contribution in [-0.4, -0.2) is 74.4 Å². The van der Waals surface area contributed by atoms with E-state index >= 15 is 0 Å². The number of fused-ring (bicyclic) bond motifs is 1. The van der Waals surface area contributed by atoms with Gasteiger partial charge in [0.1, 0.15) is 11.4 Å². The van der Waals surface area contributed by atoms with Gasteiger partial charge in [0.2, 0.25) is 11.9 Å². The first-order chi connectivity index (χ1) is 19.0. The Balaban J connectivity index is 1.26. The fourth-order valence-electron chi connectivity index (χ4n) is 5.76. The molecule has 0 aliphatic carbocycles. The molecule has 11 nitrogen and oxygen atoms in total. The van der Waals surface area contributed by atoms with Crippen LogP contribution in [0, 0.1) is 5.82 Å². The minimum Gasteiger partial charge on any atom is -0.478 e. The summed E-state index contributed by atoms with van der Waals surface area (Å²) in [6, 6.07) is 5.89. The average Bonchev–Trinajstić information content (AvgIpc) is 3.69. The quantitative estimate of drug-likeness (QED) is 0.285. The van der Waals surface area contributed by atoms with Crippen LogP contribution in [0.15, 0.2) is 36.8 Å². The number of benzene rings is 1. The van der Waals surface area contributed by atoms with Gasteiger partial charge >= 0.3 is 0 Å². The van der Waals surface area contributed by atoms with Crippen molar-refractivity contribution in [2.75, 3.05) is 37.4 Å². The van der Waals surface area contributed by atoms with Gasteiger partial charge in [-0.15, -0.1) is 5.10 Å². The minimum absolute atomic E-state index is 0.000182. The highest BCUT2D eigenvalue weighted by Crippen LogP contribution is 2.34. The number of carbonyl (C=O) groups is 1. The largest absolute Gasteiger partial charge is 0.478 e. The molecule has 5 heterocycles. The number of hydrogen-bond donors (Lipinski definition) is 4. The highest BCUT2D eigenvalue weighted by molar-refractivity contribution is 6.06. The van der Waals surface area contributed by atoms with E-state index in [9.17, 15) is 9.18 Å². The fourth-order valence-corrected chi connectivity index (χ4v) is 5.76. The molecule has 2 saturated heterocycles. The van der Waals surface area contributed by atoms with Gasteiger partial charge in [0, 0.05) is 30.2 Å². The van der Waals surface area contributed by atoms with Crippen molar-refractivity contribution < 1.29 is 13.9 Å². The lowest BCUT2D eigenvalue weighted by Crippen LogP contribution is -2.49. The number of anilines is 3. The topological polar surface area (TPSA) is 125 Å². The maximum atomic E-state index is 15.0. The predicted octanol–water partition coefficient (Wildman–Crippen LogP) is 3.40. The van der Waals surface area contributed by atoms with Crippen molar-refractivity contribution in [3.63, 3.8) is 0 Å². The summed E-state index contributed by atoms with van der Waals surface area (Å²) in [6.07, 6.45) is 8.56. The van der Waals surface area contributed by atoms with Crippen molar-refractivity contribution >= 4 is 34.1 Å². The summed E-state index contributed by atoms with van der Waals surface area (Å²) in [7, 11) is 3.29. The average molecular weight is 534 g/mol. The normalized spacial score (nSPS) is 18.5. The van der Waals surface area contributed by atoms with Gasteiger partial charge < -0.3 is 25.7 Å². The number of piperidine rings is 1. The highest BCUT2D eigenvalue weighted by atomic mass is 19.1. The van der Waals surface area contributed by atoms with Crippen LogP contribution in [-0.2, 0) is 11.8 Å². The Kier molecular flexibility index (Phi) is 6.88. The number of para-hydroxylation sites is 1. The highest BCUT2D eigenvalue weighted by Gasteiger charge is 2.36. The van der Waals surface area contributed by atoms with E-state index in [1.165, 1.54) is 7.11 Å². The van der Waals surface area contributed by atoms with Crippen LogP contribution in [0.1, 0.15) is 25.7 Å². The number of carbonyl (C=O) groups excluding carboxylic acids is 1. The lowest BCUT2D eigenvalue weighted by molar-refractivity contribution is -0.121. The zero-order valence-corrected chi connectivity index (χ0v) is 22.0. The molecule has 2 aliphatic rings. The molecule has 4 N–H and O–H groups in total. The smallest absolute Gasteiger partial charge is 0.256 e. The van der Waals surface area contributed by atoms with E-state index in [1.54, 1.807) is 24.1 Å². The Bertz CT molecular complexity index is 1490. The molecule has 1 aromatic carbocycles. The molecule has 0 bridgehead atoms. The summed E-state index contributed by atoms with van der Waals surface area (Å²) in [5, 5.41) is 14.5. The van der Waals surface area contributed by atoms with Crippen LogP contribution in [0.3, 0.4) is 0 Å². The first-order valence-electron chi connectivity index (χ1n) is 13.3. The summed E-state index contributed by atoms with van der Waals surface area (Å²) in [4.78, 5) is 27.6. The fraction of sp³-hybridized carbons (Fsp3) is 0.407. The number of likely N-dealkylation sites (tertiary alicyclic amines) is 1. The van der Waals surface area contributed by atoms with E-state index in [-0.39, 0.29) is 23.6 Å². The molecular formula is C27H32FN9O2. The third kappa shape index (κ3) is 4.92. The number of nitrogens with one attached hydrogen (secondary N) is 4. The van der Waals surface area contributed by atoms with Gasteiger partial charge in [0.05, 0.1) is 36.7 Å². The molecule has 0 spiro atoms. The van der Waals surface area contributed by atoms with Crippen molar-refractivity contribution in [2.45, 2.75) is 37.8 Å². The van der Waals surface area contributed by atoms with Gasteiger partial charge in [-0.2, -0.15) is 0 Å². The van der Waals surface area contributed by atoms with Gasteiger partial charge in [0.25, 0.3) is 5.88 Å². The first-order valence-corrected chi connectivity index (χ1v) is 13.3. The molecule has 204 valence electrons. The maximum Gasteiger partial charge on any atom is 0.256 e. The van der Waals surface area contributed by atoms with Crippen LogP contribution in [0.4, 0.5) is 21.7 Å². The monoisotopic (exact) mass is 533 g/mol. The SMILES string of the molecule is COc1nn(C)cc1Nc1ncc(F)c(-c2c[nH]c3c(NC(=O)[C@H]4CCCN4C4CCNCC4)cccc23)n1. The zero-order valence-electron chi connectivity index (χ0n) is 22.0. The Morgan fingerprint density at radius 1 is 1.21 bits per heavy atom. The van der Waals surface area contributed by atoms with Crippen LogP contribution >= 0.6 is 0 Å². The van der Waals surface area contributed by atoms with Crippen LogP contribution in [0.5, 0.6) is 5.88 Å². The molecule has 1 atom stereocenters. The molecule has 39 heavy (non-hydrogen) atoms. The Hall–Kier alpha value is -4.03. The number of halogens is 1. The molecular weight excluding hydrogens is 501 g/mol. The molecule has 2 fully saturated rings. The lowest BCUT2D eigenvalue weighted by atomic mass is 10.0. The summed E-state index contributed by atoms with van der Waals surface area (Å²) in [6.45, 7) is 2.94. The van der Waals surface area contributed by atoms with E-state index in [4.69, 9.17) is 4.74 Å². The first kappa shape index (κ1) is 25.3. The van der Waals surface area contributed by atoms with Crippen molar-refractivity contribution in [3.8, 4) is 17.1 Å². The Labute approximate surface area is 225 Å². The molecule has 1 amide bonds.